The first-order valence-corrected chi connectivity index (χ1v) is 7.21. The van der Waals surface area contributed by atoms with Crippen LogP contribution in [0.1, 0.15) is 44.6 Å². The SMILES string of the molecule is CCOc1c(Cl)cc(Cl)cc1C(CC)CCCN. The molecule has 0 aliphatic rings. The van der Waals surface area contributed by atoms with Gasteiger partial charge in [0.1, 0.15) is 5.75 Å². The van der Waals surface area contributed by atoms with Gasteiger partial charge in [0, 0.05) is 10.6 Å². The van der Waals surface area contributed by atoms with Gasteiger partial charge in [-0.05, 0) is 50.8 Å². The molecule has 0 aromatic heterocycles. The first kappa shape index (κ1) is 15.6. The Morgan fingerprint density at radius 1 is 1.28 bits per heavy atom. The lowest BCUT2D eigenvalue weighted by molar-refractivity contribution is 0.332. The van der Waals surface area contributed by atoms with E-state index < -0.39 is 0 Å². The summed E-state index contributed by atoms with van der Waals surface area (Å²) < 4.78 is 5.66. The standard InChI is InChI=1S/C14H21Cl2NO/c1-3-10(6-5-7-17)12-8-11(15)9-13(16)14(12)18-4-2/h8-10H,3-7,17H2,1-2H3. The van der Waals surface area contributed by atoms with E-state index in [0.29, 0.717) is 29.1 Å². The van der Waals surface area contributed by atoms with Gasteiger partial charge in [-0.2, -0.15) is 0 Å². The minimum Gasteiger partial charge on any atom is -0.492 e. The molecule has 0 heterocycles. The van der Waals surface area contributed by atoms with Crippen LogP contribution in [0.25, 0.3) is 0 Å². The van der Waals surface area contributed by atoms with Gasteiger partial charge in [-0.3, -0.25) is 0 Å². The molecule has 1 unspecified atom stereocenters. The molecule has 102 valence electrons. The van der Waals surface area contributed by atoms with Gasteiger partial charge in [-0.15, -0.1) is 0 Å². The molecular weight excluding hydrogens is 269 g/mol. The van der Waals surface area contributed by atoms with Gasteiger partial charge in [-0.25, -0.2) is 0 Å². The zero-order chi connectivity index (χ0) is 13.5. The van der Waals surface area contributed by atoms with Crippen molar-refractivity contribution in [3.63, 3.8) is 0 Å². The van der Waals surface area contributed by atoms with Gasteiger partial charge in [-0.1, -0.05) is 30.1 Å². The van der Waals surface area contributed by atoms with Gasteiger partial charge < -0.3 is 10.5 Å². The van der Waals surface area contributed by atoms with E-state index in [1.807, 2.05) is 13.0 Å². The number of hydrogen-bond acceptors (Lipinski definition) is 2. The predicted molar refractivity (Wildman–Crippen MR) is 79.0 cm³/mol. The smallest absolute Gasteiger partial charge is 0.141 e. The number of benzene rings is 1. The Hall–Kier alpha value is -0.440. The van der Waals surface area contributed by atoms with Crippen molar-refractivity contribution in [1.82, 2.24) is 0 Å². The highest BCUT2D eigenvalue weighted by molar-refractivity contribution is 6.35. The molecule has 4 heteroatoms. The maximum Gasteiger partial charge on any atom is 0.141 e. The van der Waals surface area contributed by atoms with Gasteiger partial charge in [0.2, 0.25) is 0 Å². The van der Waals surface area contributed by atoms with Crippen LogP contribution in [0.4, 0.5) is 0 Å². The lowest BCUT2D eigenvalue weighted by Crippen LogP contribution is -2.06. The summed E-state index contributed by atoms with van der Waals surface area (Å²) in [5.41, 5.74) is 6.68. The Bertz CT molecular complexity index is 382. The maximum atomic E-state index is 6.21. The fraction of sp³-hybridized carbons (Fsp3) is 0.571. The summed E-state index contributed by atoms with van der Waals surface area (Å²) in [5, 5.41) is 1.25. The Morgan fingerprint density at radius 2 is 2.00 bits per heavy atom. The second-order valence-electron chi connectivity index (χ2n) is 4.28. The van der Waals surface area contributed by atoms with Crippen molar-refractivity contribution in [2.75, 3.05) is 13.2 Å². The summed E-state index contributed by atoms with van der Waals surface area (Å²) in [7, 11) is 0. The van der Waals surface area contributed by atoms with Gasteiger partial charge in [0.05, 0.1) is 11.6 Å². The van der Waals surface area contributed by atoms with Crippen LogP contribution in [0.15, 0.2) is 12.1 Å². The second-order valence-corrected chi connectivity index (χ2v) is 5.12. The van der Waals surface area contributed by atoms with E-state index in [0.717, 1.165) is 30.6 Å². The molecule has 0 bridgehead atoms. The zero-order valence-electron chi connectivity index (χ0n) is 11.0. The molecule has 1 aromatic rings. The third-order valence-corrected chi connectivity index (χ3v) is 3.51. The van der Waals surface area contributed by atoms with E-state index >= 15 is 0 Å². The Balaban J connectivity index is 3.09. The normalized spacial score (nSPS) is 12.5. The van der Waals surface area contributed by atoms with Gasteiger partial charge in [0.15, 0.2) is 0 Å². The van der Waals surface area contributed by atoms with Gasteiger partial charge in [0.25, 0.3) is 0 Å². The molecular formula is C14H21Cl2NO. The number of ether oxygens (including phenoxy) is 1. The predicted octanol–water partition coefficient (Wildman–Crippen LogP) is 4.62. The number of rotatable bonds is 7. The summed E-state index contributed by atoms with van der Waals surface area (Å²) in [6.45, 7) is 5.41. The highest BCUT2D eigenvalue weighted by Gasteiger charge is 2.18. The molecule has 0 aliphatic carbocycles. The van der Waals surface area contributed by atoms with E-state index in [9.17, 15) is 0 Å². The monoisotopic (exact) mass is 289 g/mol. The van der Waals surface area contributed by atoms with E-state index in [4.69, 9.17) is 33.7 Å². The van der Waals surface area contributed by atoms with Crippen molar-refractivity contribution < 1.29 is 4.74 Å². The average molecular weight is 290 g/mol. The molecule has 1 atom stereocenters. The topological polar surface area (TPSA) is 35.2 Å². The van der Waals surface area contributed by atoms with Crippen LogP contribution in [0.5, 0.6) is 5.75 Å². The fourth-order valence-electron chi connectivity index (χ4n) is 2.12. The molecule has 0 spiro atoms. The average Bonchev–Trinajstić information content (AvgIpc) is 2.34. The molecule has 0 fully saturated rings. The van der Waals surface area contributed by atoms with Crippen molar-refractivity contribution in [2.24, 2.45) is 5.73 Å². The molecule has 0 aliphatic heterocycles. The van der Waals surface area contributed by atoms with E-state index in [1.165, 1.54) is 0 Å². The molecule has 1 rings (SSSR count). The fourth-order valence-corrected chi connectivity index (χ4v) is 2.69. The van der Waals surface area contributed by atoms with Crippen molar-refractivity contribution in [2.45, 2.75) is 39.0 Å². The number of nitrogens with two attached hydrogens (primary N) is 1. The van der Waals surface area contributed by atoms with Crippen LogP contribution in [0, 0.1) is 0 Å². The van der Waals surface area contributed by atoms with Crippen LogP contribution in [-0.4, -0.2) is 13.2 Å². The third-order valence-electron chi connectivity index (χ3n) is 3.02. The summed E-state index contributed by atoms with van der Waals surface area (Å²) in [6, 6.07) is 3.69. The van der Waals surface area contributed by atoms with E-state index in [-0.39, 0.29) is 0 Å². The molecule has 0 radical (unpaired) electrons. The van der Waals surface area contributed by atoms with Crippen molar-refractivity contribution >= 4 is 23.2 Å². The first-order chi connectivity index (χ1) is 8.63. The summed E-state index contributed by atoms with van der Waals surface area (Å²) in [4.78, 5) is 0. The summed E-state index contributed by atoms with van der Waals surface area (Å²) in [6.07, 6.45) is 3.05. The quantitative estimate of drug-likeness (QED) is 0.795. The summed E-state index contributed by atoms with van der Waals surface area (Å²) >= 11 is 12.3. The highest BCUT2D eigenvalue weighted by Crippen LogP contribution is 2.39. The third kappa shape index (κ3) is 4.04. The Morgan fingerprint density at radius 3 is 2.56 bits per heavy atom. The lowest BCUT2D eigenvalue weighted by atomic mass is 9.91. The molecule has 0 saturated heterocycles. The van der Waals surface area contributed by atoms with Crippen molar-refractivity contribution in [3.8, 4) is 5.75 Å². The van der Waals surface area contributed by atoms with Crippen LogP contribution < -0.4 is 10.5 Å². The first-order valence-electron chi connectivity index (χ1n) is 6.45. The van der Waals surface area contributed by atoms with Crippen molar-refractivity contribution in [3.05, 3.63) is 27.7 Å². The molecule has 2 nitrogen and oxygen atoms in total. The van der Waals surface area contributed by atoms with Gasteiger partial charge >= 0.3 is 0 Å². The molecule has 2 N–H and O–H groups in total. The van der Waals surface area contributed by atoms with Crippen LogP contribution >= 0.6 is 23.2 Å². The lowest BCUT2D eigenvalue weighted by Gasteiger charge is -2.20. The molecule has 18 heavy (non-hydrogen) atoms. The van der Waals surface area contributed by atoms with Crippen LogP contribution in [-0.2, 0) is 0 Å². The second kappa shape index (κ2) is 7.88. The zero-order valence-corrected chi connectivity index (χ0v) is 12.5. The van der Waals surface area contributed by atoms with E-state index in [1.54, 1.807) is 6.07 Å². The maximum absolute atomic E-state index is 6.21. The highest BCUT2D eigenvalue weighted by atomic mass is 35.5. The molecule has 0 saturated carbocycles. The number of hydrogen-bond donors (Lipinski definition) is 1. The van der Waals surface area contributed by atoms with Crippen LogP contribution in [0.3, 0.4) is 0 Å². The minimum atomic E-state index is 0.395. The number of halogens is 2. The Labute approximate surface area is 119 Å². The largest absolute Gasteiger partial charge is 0.492 e. The van der Waals surface area contributed by atoms with Crippen molar-refractivity contribution in [1.29, 1.82) is 0 Å². The molecule has 1 aromatic carbocycles. The van der Waals surface area contributed by atoms with E-state index in [2.05, 4.69) is 6.92 Å². The Kier molecular flexibility index (Phi) is 6.83. The summed E-state index contributed by atoms with van der Waals surface area (Å²) in [5.74, 6) is 1.17. The molecule has 0 amide bonds. The van der Waals surface area contributed by atoms with Crippen LogP contribution in [0.2, 0.25) is 10.0 Å². The minimum absolute atomic E-state index is 0.395.